The smallest absolute Gasteiger partial charge is 0.870 e. The maximum atomic E-state index is 15.2. The molecule has 2 aromatic carbocycles. The van der Waals surface area contributed by atoms with Crippen molar-refractivity contribution in [3.63, 3.8) is 0 Å². The number of pyridine rings is 3. The number of imidazole rings is 3. The molecule has 2 fully saturated rings. The molecule has 11 heterocycles. The predicted molar refractivity (Wildman–Crippen MR) is 431 cm³/mol. The van der Waals surface area contributed by atoms with Crippen LogP contribution in [0.3, 0.4) is 0 Å². The molecule has 2 saturated heterocycles. The van der Waals surface area contributed by atoms with E-state index in [4.69, 9.17) is 19.9 Å². The standard InChI is InChI=1S/C30H32F2N6O6.C29H30F2N6O6.C18H21N5O4.2CH4.ClH.Li.H2O/c1-16-15-44-11-10-37(16)19-12-21(31)25(22(32)13-19)27(39)34-23(29(41)43-5)14-18-6-7-20(26-33-8-9-38(18)26)24-17(2)35(3)30(42)36(4)28(24)40;1-15-14-43-10-9-36(15)18-11-20(30)24(21(31)12-18)26(38)33-22(28(40)41)13-17-5-6-19(25-32-7-8-37(17)25)23-16(2)34(3)29(42)35(4)27(23)39;1-10-14(16(24)22(3)18(26)21(10)2)12-6-5-11(9-13(19)17(25)27-4)23-8-7-20-15(12)23;;;;;/h6-9,12-13,16,23H,10-11,14-15H2,1-5H3,(H,34,39);5-8,11-12,15,22H,9-10,13-14H2,1-4H3,(H,33,38)(H,40,41);5-8,13H,9,19H2,1-4H3;2*1H4;1H;;1H2/q;;;;;;+1;/p-1/t16-,23+;15-,22+;13-;;;;;/m110...../s1. The monoisotopic (exact) mass is 1670 g/mol. The van der Waals surface area contributed by atoms with Crippen molar-refractivity contribution in [1.29, 1.82) is 0 Å². The first-order valence-electron chi connectivity index (χ1n) is 35.7. The van der Waals surface area contributed by atoms with Gasteiger partial charge in [0, 0.05) is 186 Å². The fourth-order valence-electron chi connectivity index (χ4n) is 14.0. The molecule has 40 heteroatoms. The molecule has 6 N–H and O–H groups in total. The van der Waals surface area contributed by atoms with Crippen molar-refractivity contribution >= 4 is 70.4 Å². The van der Waals surface area contributed by atoms with Gasteiger partial charge in [-0.3, -0.25) is 42.5 Å². The Hall–Kier alpha value is -12.1. The van der Waals surface area contributed by atoms with E-state index < -0.39 is 105 Å². The number of carboxylic acid groups (broad SMARTS) is 1. The summed E-state index contributed by atoms with van der Waals surface area (Å²) in [6.45, 7) is 11.2. The van der Waals surface area contributed by atoms with E-state index in [9.17, 15) is 57.8 Å². The van der Waals surface area contributed by atoms with Crippen LogP contribution in [0.2, 0.25) is 0 Å². The first-order valence-corrected chi connectivity index (χ1v) is 35.7. The number of amides is 2. The second-order valence-electron chi connectivity index (χ2n) is 27.5. The van der Waals surface area contributed by atoms with E-state index in [0.717, 1.165) is 50.8 Å². The molecule has 0 unspecified atom stereocenters. The molecule has 34 nitrogen and oxygen atoms in total. The van der Waals surface area contributed by atoms with Gasteiger partial charge in [-0.1, -0.05) is 14.9 Å². The Labute approximate surface area is 695 Å². The second kappa shape index (κ2) is 39.5. The third-order valence-electron chi connectivity index (χ3n) is 20.6. The number of hydrogen-bond donors (Lipinski definition) is 4. The number of nitrogens with one attached hydrogen (secondary N) is 2. The first-order chi connectivity index (χ1) is 54.1. The van der Waals surface area contributed by atoms with Crippen LogP contribution in [0.4, 0.5) is 28.9 Å². The second-order valence-corrected chi connectivity index (χ2v) is 27.5. The Balaban J connectivity index is 0.000000279. The number of halogens is 5. The number of esters is 2. The normalized spacial score (nSPS) is 14.4. The van der Waals surface area contributed by atoms with Crippen LogP contribution in [-0.4, -0.2) is 180 Å². The molecular weight excluding hydrogens is 1580 g/mol. The van der Waals surface area contributed by atoms with Gasteiger partial charge in [0.25, 0.3) is 28.5 Å². The molecule has 0 saturated carbocycles. The van der Waals surface area contributed by atoms with Gasteiger partial charge in [-0.15, -0.1) is 12.4 Å². The number of fused-ring (bicyclic) bond motifs is 3. The van der Waals surface area contributed by atoms with E-state index in [2.05, 4.69) is 30.3 Å². The van der Waals surface area contributed by atoms with Gasteiger partial charge in [0.15, 0.2) is 0 Å². The number of anilines is 2. The number of rotatable bonds is 18. The Bertz CT molecular complexity index is 6050. The Morgan fingerprint density at radius 3 is 1.12 bits per heavy atom. The predicted octanol–water partition coefficient (Wildman–Crippen LogP) is 1.63. The number of carbonyl (C=O) groups is 5. The summed E-state index contributed by atoms with van der Waals surface area (Å²) in [4.78, 5) is 155. The number of carbonyl (C=O) groups excluding carboxylic acids is 4. The molecule has 2 aliphatic rings. The van der Waals surface area contributed by atoms with E-state index in [1.54, 1.807) is 126 Å². The number of nitrogens with zero attached hydrogens (tertiary/aromatic N) is 14. The summed E-state index contributed by atoms with van der Waals surface area (Å²) in [6, 6.07) is 10.3. The number of ether oxygens (including phenoxy) is 4. The molecule has 2 aliphatic heterocycles. The molecule has 0 radical (unpaired) electrons. The number of aliphatic carboxylic acids is 1. The van der Waals surface area contributed by atoms with Gasteiger partial charge in [0.1, 0.15) is 69.5 Å². The molecule has 2 amide bonds. The van der Waals surface area contributed by atoms with Crippen LogP contribution in [-0.2, 0) is 94.9 Å². The molecule has 5 atom stereocenters. The molecule has 0 spiro atoms. The molecular formula is C79H93ClF4LiN17O17. The number of nitrogens with two attached hydrogens (primary N) is 1. The van der Waals surface area contributed by atoms with E-state index in [0.29, 0.717) is 107 Å². The minimum absolute atomic E-state index is 0. The number of carboxylic acids is 1. The molecule has 11 aromatic rings. The Kier molecular flexibility index (Phi) is 31.8. The third kappa shape index (κ3) is 18.8. The van der Waals surface area contributed by atoms with Gasteiger partial charge in [0.05, 0.1) is 57.3 Å². The van der Waals surface area contributed by atoms with Gasteiger partial charge < -0.3 is 82.6 Å². The number of benzene rings is 2. The van der Waals surface area contributed by atoms with E-state index in [1.807, 2.05) is 13.8 Å². The molecule has 9 aromatic heterocycles. The molecule has 632 valence electrons. The molecule has 0 bridgehead atoms. The number of hydrogen-bond acceptors (Lipinski definition) is 22. The van der Waals surface area contributed by atoms with Crippen molar-refractivity contribution in [3.8, 4) is 33.4 Å². The van der Waals surface area contributed by atoms with Crippen LogP contribution in [0, 0.1) is 44.0 Å². The van der Waals surface area contributed by atoms with E-state index in [1.165, 1.54) is 54.3 Å². The molecule has 13 rings (SSSR count). The summed E-state index contributed by atoms with van der Waals surface area (Å²) in [5.41, 5.74) is 8.58. The van der Waals surface area contributed by atoms with Crippen molar-refractivity contribution in [3.05, 3.63) is 229 Å². The number of morpholine rings is 2. The quantitative estimate of drug-likeness (QED) is 0.0539. The Morgan fingerprint density at radius 2 is 0.815 bits per heavy atom. The molecule has 0 aliphatic carbocycles. The minimum atomic E-state index is -1.56. The van der Waals surface area contributed by atoms with E-state index in [-0.39, 0.29) is 117 Å². The van der Waals surface area contributed by atoms with Gasteiger partial charge in [-0.2, -0.15) is 0 Å². The zero-order valence-corrected chi connectivity index (χ0v) is 67.1. The van der Waals surface area contributed by atoms with Crippen LogP contribution in [0.1, 0.15) is 83.6 Å². The summed E-state index contributed by atoms with van der Waals surface area (Å²) >= 11 is 0. The van der Waals surface area contributed by atoms with Crippen molar-refractivity contribution in [2.24, 2.45) is 48.0 Å². The topological polar surface area (TPSA) is 413 Å². The first kappa shape index (κ1) is 95.8. The fraction of sp³-hybridized carbons (Fsp3) is 0.367. The largest absolute Gasteiger partial charge is 1.00 e. The van der Waals surface area contributed by atoms with Crippen molar-refractivity contribution < 1.29 is 89.9 Å². The maximum Gasteiger partial charge on any atom is 1.00 e. The van der Waals surface area contributed by atoms with Gasteiger partial charge in [-0.05, 0) is 95.3 Å². The number of methoxy groups -OCH3 is 2. The summed E-state index contributed by atoms with van der Waals surface area (Å²) in [7, 11) is 11.3. The zero-order valence-electron chi connectivity index (χ0n) is 66.3. The van der Waals surface area contributed by atoms with Gasteiger partial charge in [0.2, 0.25) is 0 Å². The average molecular weight is 1670 g/mol. The van der Waals surface area contributed by atoms with Crippen molar-refractivity contribution in [2.45, 2.75) is 98.9 Å². The Morgan fingerprint density at radius 1 is 0.513 bits per heavy atom. The average Bonchev–Trinajstić information content (AvgIpc) is 1.74. The van der Waals surface area contributed by atoms with Gasteiger partial charge >= 0.3 is 53.8 Å². The molecule has 119 heavy (non-hydrogen) atoms. The van der Waals surface area contributed by atoms with Crippen molar-refractivity contribution in [2.75, 3.05) is 63.5 Å². The van der Waals surface area contributed by atoms with Crippen molar-refractivity contribution in [1.82, 2.24) is 66.2 Å². The number of aromatic nitrogens is 12. The van der Waals surface area contributed by atoms with Crippen LogP contribution in [0.25, 0.3) is 50.3 Å². The SMILES string of the molecule is C.C.COC(=O)[C@@H](N)Cc1ccc(-c2c(C)n(C)c(=O)n(C)c2=O)c2nccn12.COC(=O)[C@H](Cc1ccc(-c2c(C)n(C)c(=O)n(C)c2=O)c2nccn12)NC(=O)c1c(F)cc(N2CCOC[C@H]2C)cc1F.Cc1c(-c2ccc(C[C@H](NC(=O)c3c(F)cc(N4CCOC[C@H]4C)cc3F)C(=O)O)n3ccnc23)c(=O)n(C)c(=O)n1C.Cl.[Li+].[OH-]. The summed E-state index contributed by atoms with van der Waals surface area (Å²) in [5.74, 6) is -9.49. The maximum absolute atomic E-state index is 15.2. The fourth-order valence-corrected chi connectivity index (χ4v) is 14.0. The van der Waals surface area contributed by atoms with Gasteiger partial charge in [-0.25, -0.2) is 56.5 Å². The third-order valence-corrected chi connectivity index (χ3v) is 20.6. The van der Waals surface area contributed by atoms with Crippen LogP contribution < -0.4 is 78.8 Å². The van der Waals surface area contributed by atoms with Crippen LogP contribution >= 0.6 is 12.4 Å². The summed E-state index contributed by atoms with van der Waals surface area (Å²) < 4.78 is 93.0. The van der Waals surface area contributed by atoms with E-state index >= 15 is 17.6 Å². The summed E-state index contributed by atoms with van der Waals surface area (Å²) in [5, 5.41) is 14.6. The van der Waals surface area contributed by atoms with Crippen LogP contribution in [0.15, 0.2) is 127 Å². The minimum Gasteiger partial charge on any atom is -0.870 e. The van der Waals surface area contributed by atoms with Crippen LogP contribution in [0.5, 0.6) is 0 Å². The summed E-state index contributed by atoms with van der Waals surface area (Å²) in [6.07, 6.45) is 9.31. The zero-order chi connectivity index (χ0) is 82.9.